The van der Waals surface area contributed by atoms with Crippen molar-refractivity contribution in [1.82, 2.24) is 15.0 Å². The van der Waals surface area contributed by atoms with Crippen molar-refractivity contribution in [3.8, 4) is 11.4 Å². The van der Waals surface area contributed by atoms with Crippen LogP contribution in [0.4, 0.5) is 30.4 Å². The highest BCUT2D eigenvalue weighted by atomic mass is 19.4. The Balaban J connectivity index is 1.54. The molecule has 6 nitrogen and oxygen atoms in total. The Hall–Kier alpha value is -3.20. The molecule has 0 atom stereocenters. The number of anilines is 3. The van der Waals surface area contributed by atoms with Gasteiger partial charge in [-0.25, -0.2) is 9.97 Å². The van der Waals surface area contributed by atoms with E-state index in [1.165, 1.54) is 12.4 Å². The minimum absolute atomic E-state index is 0.0208. The van der Waals surface area contributed by atoms with E-state index in [4.69, 9.17) is 4.74 Å². The van der Waals surface area contributed by atoms with Gasteiger partial charge in [0.2, 0.25) is 0 Å². The van der Waals surface area contributed by atoms with E-state index in [0.717, 1.165) is 37.8 Å². The highest BCUT2D eigenvalue weighted by Crippen LogP contribution is 2.31. The molecule has 0 unspecified atom stereocenters. The van der Waals surface area contributed by atoms with Gasteiger partial charge in [-0.2, -0.15) is 13.2 Å². The van der Waals surface area contributed by atoms with Crippen molar-refractivity contribution in [2.75, 3.05) is 23.8 Å². The maximum Gasteiger partial charge on any atom is 0.433 e. The van der Waals surface area contributed by atoms with Crippen LogP contribution in [0.2, 0.25) is 0 Å². The van der Waals surface area contributed by atoms with Gasteiger partial charge < -0.3 is 15.4 Å². The van der Waals surface area contributed by atoms with Crippen LogP contribution < -0.4 is 10.6 Å². The summed E-state index contributed by atoms with van der Waals surface area (Å²) in [5.41, 5.74) is 1.02. The normalized spacial score (nSPS) is 15.0. The number of benzene rings is 1. The molecule has 1 fully saturated rings. The summed E-state index contributed by atoms with van der Waals surface area (Å²) in [7, 11) is 0. The molecule has 3 aromatic rings. The Morgan fingerprint density at radius 2 is 1.57 bits per heavy atom. The number of nitrogens with one attached hydrogen (secondary N) is 2. The maximum atomic E-state index is 13.3. The lowest BCUT2D eigenvalue weighted by molar-refractivity contribution is -0.141. The molecular weight excluding hydrogens is 395 g/mol. The lowest BCUT2D eigenvalue weighted by atomic mass is 10.1. The largest absolute Gasteiger partial charge is 0.433 e. The molecule has 0 spiro atoms. The number of pyridine rings is 1. The average molecular weight is 415 g/mol. The summed E-state index contributed by atoms with van der Waals surface area (Å²) in [6.45, 7) is 1.48. The van der Waals surface area contributed by atoms with Gasteiger partial charge in [-0.1, -0.05) is 0 Å². The zero-order valence-electron chi connectivity index (χ0n) is 16.0. The number of rotatable bonds is 5. The molecule has 1 aliphatic rings. The van der Waals surface area contributed by atoms with Crippen LogP contribution >= 0.6 is 0 Å². The number of halogens is 3. The zero-order valence-corrected chi connectivity index (χ0v) is 16.0. The van der Waals surface area contributed by atoms with Gasteiger partial charge in [0.1, 0.15) is 5.82 Å². The molecule has 0 aliphatic carbocycles. The SMILES string of the molecule is FC(F)(F)c1cc(Nc2ccc(NC3CCOCC3)cc2)nc(-c2ccncc2)n1. The third-order valence-electron chi connectivity index (χ3n) is 4.70. The van der Waals surface area contributed by atoms with Crippen molar-refractivity contribution >= 4 is 17.2 Å². The van der Waals surface area contributed by atoms with Gasteiger partial charge in [0.05, 0.1) is 0 Å². The summed E-state index contributed by atoms with van der Waals surface area (Å²) in [4.78, 5) is 11.8. The predicted octanol–water partition coefficient (Wildman–Crippen LogP) is 4.89. The van der Waals surface area contributed by atoms with E-state index in [1.54, 1.807) is 24.3 Å². The van der Waals surface area contributed by atoms with E-state index in [9.17, 15) is 13.2 Å². The number of ether oxygens (including phenoxy) is 1. The molecule has 2 aromatic heterocycles. The first-order valence-corrected chi connectivity index (χ1v) is 9.55. The van der Waals surface area contributed by atoms with Crippen LogP contribution in [-0.4, -0.2) is 34.2 Å². The number of aromatic nitrogens is 3. The molecule has 0 bridgehead atoms. The van der Waals surface area contributed by atoms with Crippen molar-refractivity contribution in [1.29, 1.82) is 0 Å². The van der Waals surface area contributed by atoms with Gasteiger partial charge in [-0.3, -0.25) is 4.98 Å². The third-order valence-corrected chi connectivity index (χ3v) is 4.70. The number of hydrogen-bond donors (Lipinski definition) is 2. The molecule has 1 saturated heterocycles. The third kappa shape index (κ3) is 5.04. The Bertz CT molecular complexity index is 974. The van der Waals surface area contributed by atoms with Crippen molar-refractivity contribution in [3.05, 3.63) is 60.6 Å². The van der Waals surface area contributed by atoms with Crippen molar-refractivity contribution in [2.24, 2.45) is 0 Å². The fraction of sp³-hybridized carbons (Fsp3) is 0.286. The highest BCUT2D eigenvalue weighted by Gasteiger charge is 2.34. The lowest BCUT2D eigenvalue weighted by Gasteiger charge is -2.24. The van der Waals surface area contributed by atoms with Gasteiger partial charge in [0.25, 0.3) is 0 Å². The molecule has 0 radical (unpaired) electrons. The molecule has 30 heavy (non-hydrogen) atoms. The van der Waals surface area contributed by atoms with E-state index in [0.29, 0.717) is 17.3 Å². The maximum absolute atomic E-state index is 13.3. The molecule has 3 heterocycles. The fourth-order valence-corrected chi connectivity index (χ4v) is 3.16. The standard InChI is InChI=1S/C21H20F3N5O/c22-21(23,24)18-13-19(29-20(28-18)14-5-9-25-10-6-14)27-16-3-1-15(2-4-16)26-17-7-11-30-12-8-17/h1-6,9-10,13,17,26H,7-8,11-12H2,(H,27,28,29). The molecule has 0 saturated carbocycles. The molecule has 156 valence electrons. The summed E-state index contributed by atoms with van der Waals surface area (Å²) in [5, 5.41) is 6.39. The minimum atomic E-state index is -4.58. The van der Waals surface area contributed by atoms with Gasteiger partial charge in [0.15, 0.2) is 11.5 Å². The van der Waals surface area contributed by atoms with Crippen LogP contribution in [0.15, 0.2) is 54.9 Å². The second-order valence-electron chi connectivity index (χ2n) is 6.93. The highest BCUT2D eigenvalue weighted by molar-refractivity contribution is 5.63. The quantitative estimate of drug-likeness (QED) is 0.618. The Morgan fingerprint density at radius 1 is 0.900 bits per heavy atom. The molecular formula is C21H20F3N5O. The van der Waals surface area contributed by atoms with Crippen LogP contribution in [0, 0.1) is 0 Å². The molecule has 2 N–H and O–H groups in total. The van der Waals surface area contributed by atoms with E-state index in [2.05, 4.69) is 25.6 Å². The van der Waals surface area contributed by atoms with Crippen molar-refractivity contribution in [2.45, 2.75) is 25.1 Å². The van der Waals surface area contributed by atoms with E-state index in [-0.39, 0.29) is 11.6 Å². The number of hydrogen-bond acceptors (Lipinski definition) is 6. The van der Waals surface area contributed by atoms with Gasteiger partial charge in [0, 0.05) is 54.7 Å². The fourth-order valence-electron chi connectivity index (χ4n) is 3.16. The summed E-state index contributed by atoms with van der Waals surface area (Å²) in [5.74, 6) is 0.0433. The summed E-state index contributed by atoms with van der Waals surface area (Å²) in [6, 6.07) is 11.7. The van der Waals surface area contributed by atoms with E-state index >= 15 is 0 Å². The van der Waals surface area contributed by atoms with E-state index < -0.39 is 11.9 Å². The molecule has 0 amide bonds. The summed E-state index contributed by atoms with van der Waals surface area (Å²) >= 11 is 0. The smallest absolute Gasteiger partial charge is 0.382 e. The van der Waals surface area contributed by atoms with E-state index in [1.807, 2.05) is 12.1 Å². The monoisotopic (exact) mass is 415 g/mol. The van der Waals surface area contributed by atoms with Crippen LogP contribution in [0.25, 0.3) is 11.4 Å². The Labute approximate surface area is 171 Å². The van der Waals surface area contributed by atoms with Crippen molar-refractivity contribution in [3.63, 3.8) is 0 Å². The zero-order chi connectivity index (χ0) is 21.0. The molecule has 1 aliphatic heterocycles. The first-order valence-electron chi connectivity index (χ1n) is 9.55. The lowest BCUT2D eigenvalue weighted by Crippen LogP contribution is -2.27. The topological polar surface area (TPSA) is 72.0 Å². The van der Waals surface area contributed by atoms with Crippen LogP contribution in [0.5, 0.6) is 0 Å². The number of nitrogens with zero attached hydrogens (tertiary/aromatic N) is 3. The average Bonchev–Trinajstić information content (AvgIpc) is 2.76. The van der Waals surface area contributed by atoms with Gasteiger partial charge in [-0.05, 0) is 49.2 Å². The first-order chi connectivity index (χ1) is 14.5. The number of alkyl halides is 3. The second-order valence-corrected chi connectivity index (χ2v) is 6.93. The Kier molecular flexibility index (Phi) is 5.80. The van der Waals surface area contributed by atoms with Crippen molar-refractivity contribution < 1.29 is 17.9 Å². The minimum Gasteiger partial charge on any atom is -0.382 e. The Morgan fingerprint density at radius 3 is 2.23 bits per heavy atom. The predicted molar refractivity (Wildman–Crippen MR) is 107 cm³/mol. The van der Waals surface area contributed by atoms with Gasteiger partial charge >= 0.3 is 6.18 Å². The van der Waals surface area contributed by atoms with Crippen LogP contribution in [0.1, 0.15) is 18.5 Å². The van der Waals surface area contributed by atoms with Gasteiger partial charge in [-0.15, -0.1) is 0 Å². The molecule has 4 rings (SSSR count). The second kappa shape index (κ2) is 8.66. The molecule has 9 heteroatoms. The van der Waals surface area contributed by atoms with Crippen LogP contribution in [-0.2, 0) is 10.9 Å². The first kappa shape index (κ1) is 20.1. The van der Waals surface area contributed by atoms with Crippen LogP contribution in [0.3, 0.4) is 0 Å². The summed E-state index contributed by atoms with van der Waals surface area (Å²) < 4.78 is 45.3. The summed E-state index contributed by atoms with van der Waals surface area (Å²) in [6.07, 6.45) is 0.267. The molecule has 1 aromatic carbocycles.